The summed E-state index contributed by atoms with van der Waals surface area (Å²) in [5, 5.41) is 3.45. The zero-order chi connectivity index (χ0) is 17.6. The Balaban J connectivity index is 2.03. The molecule has 0 spiro atoms. The molecule has 1 aromatic carbocycles. The fraction of sp³-hybridized carbons (Fsp3) is 0.312. The van der Waals surface area contributed by atoms with Gasteiger partial charge in [0.1, 0.15) is 6.54 Å². The average molecular weight is 359 g/mol. The zero-order valence-electron chi connectivity index (χ0n) is 12.9. The van der Waals surface area contributed by atoms with Crippen molar-refractivity contribution in [2.75, 3.05) is 20.3 Å². The first-order chi connectivity index (χ1) is 11.4. The predicted molar refractivity (Wildman–Crippen MR) is 84.3 cm³/mol. The maximum absolute atomic E-state index is 12.7. The minimum Gasteiger partial charge on any atom is -0.493 e. The monoisotopic (exact) mass is 359 g/mol. The number of carbonyl (C=O) groups is 1. The second-order valence-electron chi connectivity index (χ2n) is 4.94. The highest BCUT2D eigenvalue weighted by atomic mass is 32.1. The number of hydrogen-bond donors (Lipinski definition) is 0. The van der Waals surface area contributed by atoms with Gasteiger partial charge in [-0.05, 0) is 34.5 Å². The molecule has 8 heteroatoms. The molecule has 0 unspecified atom stereocenters. The van der Waals surface area contributed by atoms with Gasteiger partial charge in [0.2, 0.25) is 0 Å². The van der Waals surface area contributed by atoms with E-state index >= 15 is 0 Å². The number of rotatable bonds is 7. The van der Waals surface area contributed by atoms with Crippen molar-refractivity contribution in [2.24, 2.45) is 0 Å². The van der Waals surface area contributed by atoms with Gasteiger partial charge >= 0.3 is 6.18 Å². The van der Waals surface area contributed by atoms with Gasteiger partial charge in [-0.1, -0.05) is 12.1 Å². The van der Waals surface area contributed by atoms with E-state index in [1.165, 1.54) is 18.4 Å². The Kier molecular flexibility index (Phi) is 6.08. The Morgan fingerprint density at radius 2 is 1.92 bits per heavy atom. The van der Waals surface area contributed by atoms with Crippen molar-refractivity contribution >= 4 is 17.2 Å². The Morgan fingerprint density at radius 1 is 1.21 bits per heavy atom. The van der Waals surface area contributed by atoms with Crippen LogP contribution in [-0.2, 0) is 11.3 Å². The van der Waals surface area contributed by atoms with Crippen molar-refractivity contribution in [3.05, 3.63) is 46.7 Å². The maximum atomic E-state index is 12.7. The Bertz CT molecular complexity index is 659. The van der Waals surface area contributed by atoms with Crippen LogP contribution in [0.1, 0.15) is 5.56 Å². The van der Waals surface area contributed by atoms with Crippen molar-refractivity contribution in [1.29, 1.82) is 0 Å². The lowest BCUT2D eigenvalue weighted by Crippen LogP contribution is -2.40. The molecule has 2 aromatic rings. The molecular formula is C16H16F3NO3S. The number of ether oxygens (including phenoxy) is 2. The van der Waals surface area contributed by atoms with E-state index in [2.05, 4.69) is 0 Å². The van der Waals surface area contributed by atoms with Gasteiger partial charge in [-0.15, -0.1) is 0 Å². The Labute approximate surface area is 141 Å². The third kappa shape index (κ3) is 5.45. The van der Waals surface area contributed by atoms with Crippen LogP contribution in [0.5, 0.6) is 11.5 Å². The minimum absolute atomic E-state index is 0.114. The fourth-order valence-corrected chi connectivity index (χ4v) is 2.68. The van der Waals surface area contributed by atoms with Crippen molar-refractivity contribution in [2.45, 2.75) is 12.7 Å². The first-order valence-corrected chi connectivity index (χ1v) is 7.95. The van der Waals surface area contributed by atoms with Crippen LogP contribution in [0.25, 0.3) is 0 Å². The van der Waals surface area contributed by atoms with Crippen LogP contribution in [0.4, 0.5) is 13.2 Å². The van der Waals surface area contributed by atoms with Gasteiger partial charge in [-0.25, -0.2) is 0 Å². The average Bonchev–Trinajstić information content (AvgIpc) is 3.04. The smallest absolute Gasteiger partial charge is 0.406 e. The number of amides is 1. The molecule has 24 heavy (non-hydrogen) atoms. The highest BCUT2D eigenvalue weighted by molar-refractivity contribution is 7.07. The lowest BCUT2D eigenvalue weighted by Gasteiger charge is -2.23. The van der Waals surface area contributed by atoms with E-state index in [1.54, 1.807) is 41.1 Å². The minimum atomic E-state index is -4.48. The van der Waals surface area contributed by atoms with Gasteiger partial charge in [0.15, 0.2) is 18.1 Å². The highest BCUT2D eigenvalue weighted by Crippen LogP contribution is 2.26. The van der Waals surface area contributed by atoms with Crippen molar-refractivity contribution in [3.63, 3.8) is 0 Å². The lowest BCUT2D eigenvalue weighted by molar-refractivity contribution is -0.163. The number of thiophene rings is 1. The normalized spacial score (nSPS) is 11.2. The first-order valence-electron chi connectivity index (χ1n) is 7.00. The summed E-state index contributed by atoms with van der Waals surface area (Å²) in [6.45, 7) is -1.94. The molecule has 1 aromatic heterocycles. The molecule has 0 radical (unpaired) electrons. The van der Waals surface area contributed by atoms with Crippen molar-refractivity contribution < 1.29 is 27.4 Å². The van der Waals surface area contributed by atoms with Gasteiger partial charge in [-0.3, -0.25) is 4.79 Å². The van der Waals surface area contributed by atoms with Crippen molar-refractivity contribution in [3.8, 4) is 11.5 Å². The molecule has 0 atom stereocenters. The number of hydrogen-bond acceptors (Lipinski definition) is 4. The van der Waals surface area contributed by atoms with Crippen LogP contribution in [0.2, 0.25) is 0 Å². The molecule has 0 aliphatic heterocycles. The van der Waals surface area contributed by atoms with E-state index in [0.29, 0.717) is 17.1 Å². The number of alkyl halides is 3. The summed E-state index contributed by atoms with van der Waals surface area (Å²) in [7, 11) is 1.44. The molecule has 0 bridgehead atoms. The quantitative estimate of drug-likeness (QED) is 0.756. The first kappa shape index (κ1) is 18.1. The van der Waals surface area contributed by atoms with E-state index in [1.807, 2.05) is 0 Å². The van der Waals surface area contributed by atoms with E-state index in [-0.39, 0.29) is 6.54 Å². The number of halogens is 3. The van der Waals surface area contributed by atoms with Gasteiger partial charge in [0.05, 0.1) is 7.11 Å². The standard InChI is InChI=1S/C16H16F3NO3S/c1-22-13-4-2-3-5-14(13)23-9-15(21)20(11-16(17,18)19)8-12-6-7-24-10-12/h2-7,10H,8-9,11H2,1H3. The van der Waals surface area contributed by atoms with Gasteiger partial charge < -0.3 is 14.4 Å². The Morgan fingerprint density at radius 3 is 2.50 bits per heavy atom. The second-order valence-corrected chi connectivity index (χ2v) is 5.72. The molecule has 0 saturated heterocycles. The highest BCUT2D eigenvalue weighted by Gasteiger charge is 2.33. The summed E-state index contributed by atoms with van der Waals surface area (Å²) in [5.74, 6) is -0.0363. The summed E-state index contributed by atoms with van der Waals surface area (Å²) < 4.78 is 48.6. The van der Waals surface area contributed by atoms with Gasteiger partial charge in [-0.2, -0.15) is 24.5 Å². The van der Waals surface area contributed by atoms with Crippen LogP contribution in [-0.4, -0.2) is 37.2 Å². The molecule has 4 nitrogen and oxygen atoms in total. The number of carbonyl (C=O) groups excluding carboxylic acids is 1. The molecule has 0 saturated carbocycles. The molecule has 0 aliphatic rings. The van der Waals surface area contributed by atoms with E-state index in [0.717, 1.165) is 4.90 Å². The number of benzene rings is 1. The van der Waals surface area contributed by atoms with Crippen LogP contribution in [0.15, 0.2) is 41.1 Å². The summed E-state index contributed by atoms with van der Waals surface area (Å²) in [5.41, 5.74) is 0.648. The van der Waals surface area contributed by atoms with E-state index in [9.17, 15) is 18.0 Å². The van der Waals surface area contributed by atoms with Gasteiger partial charge in [0, 0.05) is 6.54 Å². The summed E-state index contributed by atoms with van der Waals surface area (Å²) in [4.78, 5) is 12.9. The van der Waals surface area contributed by atoms with Crippen LogP contribution < -0.4 is 9.47 Å². The predicted octanol–water partition coefficient (Wildman–Crippen LogP) is 3.73. The van der Waals surface area contributed by atoms with Crippen LogP contribution in [0, 0.1) is 0 Å². The third-order valence-electron chi connectivity index (χ3n) is 3.10. The molecule has 0 aliphatic carbocycles. The van der Waals surface area contributed by atoms with Crippen molar-refractivity contribution in [1.82, 2.24) is 4.90 Å². The molecule has 1 heterocycles. The lowest BCUT2D eigenvalue weighted by atomic mass is 10.3. The molecule has 0 fully saturated rings. The second kappa shape index (κ2) is 8.05. The van der Waals surface area contributed by atoms with E-state index < -0.39 is 25.2 Å². The van der Waals surface area contributed by atoms with Crippen LogP contribution >= 0.6 is 11.3 Å². The topological polar surface area (TPSA) is 38.8 Å². The number of para-hydroxylation sites is 2. The van der Waals surface area contributed by atoms with Crippen LogP contribution in [0.3, 0.4) is 0 Å². The van der Waals surface area contributed by atoms with E-state index in [4.69, 9.17) is 9.47 Å². The molecule has 1 amide bonds. The number of nitrogens with zero attached hydrogens (tertiary/aromatic N) is 1. The molecule has 2 rings (SSSR count). The summed E-state index contributed by atoms with van der Waals surface area (Å²) in [6, 6.07) is 8.31. The molecule has 0 N–H and O–H groups in total. The van der Waals surface area contributed by atoms with Gasteiger partial charge in [0.25, 0.3) is 5.91 Å². The molecule has 130 valence electrons. The fourth-order valence-electron chi connectivity index (χ4n) is 2.02. The third-order valence-corrected chi connectivity index (χ3v) is 3.83. The number of methoxy groups -OCH3 is 1. The molecular weight excluding hydrogens is 343 g/mol. The maximum Gasteiger partial charge on any atom is 0.406 e. The zero-order valence-corrected chi connectivity index (χ0v) is 13.7. The largest absolute Gasteiger partial charge is 0.493 e. The summed E-state index contributed by atoms with van der Waals surface area (Å²) in [6.07, 6.45) is -4.48. The summed E-state index contributed by atoms with van der Waals surface area (Å²) >= 11 is 1.36. The Hall–Kier alpha value is -2.22. The SMILES string of the molecule is COc1ccccc1OCC(=O)N(Cc1ccsc1)CC(F)(F)F.